The quantitative estimate of drug-likeness (QED) is 0.251. The van der Waals surface area contributed by atoms with E-state index >= 15 is 0 Å². The summed E-state index contributed by atoms with van der Waals surface area (Å²) in [6.07, 6.45) is 16.1. The van der Waals surface area contributed by atoms with Crippen LogP contribution in [0.5, 0.6) is 0 Å². The van der Waals surface area contributed by atoms with Gasteiger partial charge in [0, 0.05) is 0 Å². The van der Waals surface area contributed by atoms with Gasteiger partial charge in [-0.2, -0.15) is 0 Å². The molecule has 0 amide bonds. The van der Waals surface area contributed by atoms with Crippen LogP contribution in [0.15, 0.2) is 12.2 Å². The number of hydrogen-bond donors (Lipinski definition) is 3. The van der Waals surface area contributed by atoms with Crippen molar-refractivity contribution in [2.24, 2.45) is 0 Å². The summed E-state index contributed by atoms with van der Waals surface area (Å²) < 4.78 is 5.75. The van der Waals surface area contributed by atoms with Crippen LogP contribution in [0.4, 0.5) is 0 Å². The van der Waals surface area contributed by atoms with Crippen molar-refractivity contribution in [3.05, 3.63) is 12.2 Å². The highest BCUT2D eigenvalue weighted by atomic mass is 16.5. The van der Waals surface area contributed by atoms with Crippen LogP contribution in [0.2, 0.25) is 0 Å². The minimum Gasteiger partial charge on any atom is -0.394 e. The molecule has 0 aromatic heterocycles. The van der Waals surface area contributed by atoms with Gasteiger partial charge in [-0.3, -0.25) is 0 Å². The number of ether oxygens (including phenoxy) is 1. The topological polar surface area (TPSA) is 69.9 Å². The monoisotopic (exact) mass is 358 g/mol. The molecule has 0 rings (SSSR count). The molecule has 0 aliphatic rings. The predicted molar refractivity (Wildman–Crippen MR) is 105 cm³/mol. The molecule has 25 heavy (non-hydrogen) atoms. The summed E-state index contributed by atoms with van der Waals surface area (Å²) in [5, 5.41) is 28.3. The number of rotatable bonds is 18. The van der Waals surface area contributed by atoms with Crippen molar-refractivity contribution < 1.29 is 20.1 Å². The van der Waals surface area contributed by atoms with Gasteiger partial charge in [0.15, 0.2) is 0 Å². The van der Waals surface area contributed by atoms with Crippen LogP contribution in [-0.4, -0.2) is 46.8 Å². The van der Waals surface area contributed by atoms with Crippen molar-refractivity contribution >= 4 is 0 Å². The highest BCUT2D eigenvalue weighted by molar-refractivity contribution is 4.86. The maximum Gasteiger partial charge on any atom is 0.100 e. The molecule has 0 aliphatic heterocycles. The third-order valence-corrected chi connectivity index (χ3v) is 4.48. The lowest BCUT2D eigenvalue weighted by atomic mass is 10.0. The van der Waals surface area contributed by atoms with E-state index in [0.29, 0.717) is 6.42 Å². The lowest BCUT2D eigenvalue weighted by molar-refractivity contribution is -0.0306. The van der Waals surface area contributed by atoms with Crippen LogP contribution in [0, 0.1) is 0 Å². The van der Waals surface area contributed by atoms with Crippen molar-refractivity contribution in [3.63, 3.8) is 0 Å². The van der Waals surface area contributed by atoms with Gasteiger partial charge < -0.3 is 20.1 Å². The van der Waals surface area contributed by atoms with Crippen molar-refractivity contribution in [2.75, 3.05) is 13.2 Å². The van der Waals surface area contributed by atoms with Crippen LogP contribution in [0.1, 0.15) is 90.9 Å². The summed E-state index contributed by atoms with van der Waals surface area (Å²) in [4.78, 5) is 0. The first-order chi connectivity index (χ1) is 12.1. The molecular weight excluding hydrogens is 316 g/mol. The van der Waals surface area contributed by atoms with Crippen LogP contribution in [-0.2, 0) is 4.74 Å². The minimum atomic E-state index is -0.799. The molecule has 0 saturated carbocycles. The summed E-state index contributed by atoms with van der Waals surface area (Å²) in [5.74, 6) is 0. The van der Waals surface area contributed by atoms with Gasteiger partial charge in [-0.1, -0.05) is 77.4 Å². The van der Waals surface area contributed by atoms with E-state index in [2.05, 4.69) is 26.0 Å². The van der Waals surface area contributed by atoms with E-state index in [1.165, 1.54) is 38.5 Å². The predicted octanol–water partition coefficient (Wildman–Crippen LogP) is 4.36. The van der Waals surface area contributed by atoms with Gasteiger partial charge >= 0.3 is 0 Å². The summed E-state index contributed by atoms with van der Waals surface area (Å²) >= 11 is 0. The molecule has 4 nitrogen and oxygen atoms in total. The van der Waals surface area contributed by atoms with Crippen LogP contribution in [0.25, 0.3) is 0 Å². The summed E-state index contributed by atoms with van der Waals surface area (Å²) in [6.45, 7) is 4.31. The SMILES string of the molecule is CCCCCCC(O)CC=CCC(CCCCCC)OCC(O)CO. The molecule has 3 unspecified atom stereocenters. The molecule has 150 valence electrons. The van der Waals surface area contributed by atoms with Gasteiger partial charge in [0.1, 0.15) is 6.10 Å². The van der Waals surface area contributed by atoms with Gasteiger partial charge in [0.25, 0.3) is 0 Å². The fourth-order valence-electron chi connectivity index (χ4n) is 2.79. The van der Waals surface area contributed by atoms with Gasteiger partial charge in [-0.15, -0.1) is 0 Å². The summed E-state index contributed by atoms with van der Waals surface area (Å²) in [6, 6.07) is 0. The van der Waals surface area contributed by atoms with Gasteiger partial charge in [0.05, 0.1) is 25.4 Å². The fourth-order valence-corrected chi connectivity index (χ4v) is 2.79. The average molecular weight is 359 g/mol. The summed E-state index contributed by atoms with van der Waals surface area (Å²) in [7, 11) is 0. The first kappa shape index (κ1) is 24.6. The second-order valence-corrected chi connectivity index (χ2v) is 7.09. The van der Waals surface area contributed by atoms with E-state index < -0.39 is 6.10 Å². The van der Waals surface area contributed by atoms with Crippen LogP contribution in [0.3, 0.4) is 0 Å². The van der Waals surface area contributed by atoms with E-state index in [4.69, 9.17) is 9.84 Å². The molecule has 3 N–H and O–H groups in total. The highest BCUT2D eigenvalue weighted by Gasteiger charge is 2.10. The second-order valence-electron chi connectivity index (χ2n) is 7.09. The number of aliphatic hydroxyl groups is 3. The first-order valence-corrected chi connectivity index (χ1v) is 10.4. The normalized spacial score (nSPS) is 15.6. The third-order valence-electron chi connectivity index (χ3n) is 4.48. The zero-order valence-electron chi connectivity index (χ0n) is 16.5. The molecule has 0 radical (unpaired) electrons. The zero-order valence-corrected chi connectivity index (χ0v) is 16.5. The largest absolute Gasteiger partial charge is 0.394 e. The molecule has 0 aliphatic carbocycles. The molecule has 0 bridgehead atoms. The Morgan fingerprint density at radius 3 is 1.96 bits per heavy atom. The minimum absolute atomic E-state index is 0.0796. The van der Waals surface area contributed by atoms with Crippen molar-refractivity contribution in [2.45, 2.75) is 109 Å². The first-order valence-electron chi connectivity index (χ1n) is 10.4. The maximum absolute atomic E-state index is 9.98. The van der Waals surface area contributed by atoms with Crippen molar-refractivity contribution in [1.82, 2.24) is 0 Å². The zero-order chi connectivity index (χ0) is 18.8. The van der Waals surface area contributed by atoms with Gasteiger partial charge in [0.2, 0.25) is 0 Å². The fraction of sp³-hybridized carbons (Fsp3) is 0.905. The highest BCUT2D eigenvalue weighted by Crippen LogP contribution is 2.14. The molecule has 0 saturated heterocycles. The Labute approximate surface area is 155 Å². The molecule has 0 fully saturated rings. The Bertz CT molecular complexity index is 294. The van der Waals surface area contributed by atoms with E-state index in [0.717, 1.165) is 32.1 Å². The van der Waals surface area contributed by atoms with E-state index in [9.17, 15) is 10.2 Å². The van der Waals surface area contributed by atoms with Crippen molar-refractivity contribution in [1.29, 1.82) is 0 Å². The number of aliphatic hydroxyl groups excluding tert-OH is 3. The van der Waals surface area contributed by atoms with E-state index in [-0.39, 0.29) is 25.4 Å². The Morgan fingerprint density at radius 2 is 1.36 bits per heavy atom. The molecule has 0 spiro atoms. The van der Waals surface area contributed by atoms with Crippen molar-refractivity contribution in [3.8, 4) is 0 Å². The summed E-state index contributed by atoms with van der Waals surface area (Å²) in [5.41, 5.74) is 0. The van der Waals surface area contributed by atoms with E-state index in [1.54, 1.807) is 0 Å². The smallest absolute Gasteiger partial charge is 0.100 e. The molecule has 0 aromatic carbocycles. The molecule has 0 heterocycles. The van der Waals surface area contributed by atoms with Gasteiger partial charge in [-0.25, -0.2) is 0 Å². The average Bonchev–Trinajstić information content (AvgIpc) is 2.62. The lowest BCUT2D eigenvalue weighted by Crippen LogP contribution is -2.24. The Balaban J connectivity index is 4.02. The van der Waals surface area contributed by atoms with Crippen LogP contribution >= 0.6 is 0 Å². The molecular formula is C21H42O4. The number of unbranched alkanes of at least 4 members (excludes halogenated alkanes) is 6. The molecule has 3 atom stereocenters. The Hall–Kier alpha value is -0.420. The third kappa shape index (κ3) is 16.8. The van der Waals surface area contributed by atoms with Crippen LogP contribution < -0.4 is 0 Å². The standard InChI is InChI=1S/C21H42O4/c1-3-5-7-9-13-19(23)14-11-12-16-21(15-10-8-6-4-2)25-18-20(24)17-22/h11-12,19-24H,3-10,13-18H2,1-2H3. The number of hydrogen-bond acceptors (Lipinski definition) is 4. The Kier molecular flexibility index (Phi) is 18.1. The lowest BCUT2D eigenvalue weighted by Gasteiger charge is -2.18. The molecule has 0 aromatic rings. The van der Waals surface area contributed by atoms with E-state index in [1.807, 2.05) is 0 Å². The second kappa shape index (κ2) is 18.4. The molecule has 4 heteroatoms. The van der Waals surface area contributed by atoms with Gasteiger partial charge in [-0.05, 0) is 25.7 Å². The Morgan fingerprint density at radius 1 is 0.760 bits per heavy atom. The maximum atomic E-state index is 9.98.